The minimum atomic E-state index is -1.01. The van der Waals surface area contributed by atoms with Crippen molar-refractivity contribution < 1.29 is 14.7 Å². The van der Waals surface area contributed by atoms with Gasteiger partial charge in [-0.15, -0.1) is 5.10 Å². The Kier molecular flexibility index (Phi) is 7.22. The predicted octanol–water partition coefficient (Wildman–Crippen LogP) is 2.85. The van der Waals surface area contributed by atoms with E-state index in [1.54, 1.807) is 6.21 Å². The molecule has 2 fully saturated rings. The molecule has 8 heteroatoms. The number of amides is 1. The summed E-state index contributed by atoms with van der Waals surface area (Å²) in [7, 11) is 2.20. The Morgan fingerprint density at radius 2 is 2.00 bits per heavy atom. The highest BCUT2D eigenvalue weighted by molar-refractivity contribution is 8.15. The fourth-order valence-electron chi connectivity index (χ4n) is 3.54. The molecule has 150 valence electrons. The number of carboxylic acid groups (broad SMARTS) is 1. The molecule has 1 saturated heterocycles. The third kappa shape index (κ3) is 5.90. The molecule has 0 radical (unpaired) electrons. The zero-order valence-corrected chi connectivity index (χ0v) is 16.8. The molecule has 1 unspecified atom stereocenters. The average molecular weight is 403 g/mol. The summed E-state index contributed by atoms with van der Waals surface area (Å²) in [5.41, 5.74) is 2.19. The lowest BCUT2D eigenvalue weighted by Crippen LogP contribution is -2.32. The van der Waals surface area contributed by atoms with Crippen molar-refractivity contribution in [3.8, 4) is 0 Å². The number of amidine groups is 1. The van der Waals surface area contributed by atoms with Crippen molar-refractivity contribution in [2.75, 3.05) is 7.05 Å². The number of carbonyl (C=O) groups is 2. The number of aliphatic carboxylic acids is 1. The minimum absolute atomic E-state index is 0.226. The van der Waals surface area contributed by atoms with Crippen LogP contribution in [0, 0.1) is 0 Å². The zero-order chi connectivity index (χ0) is 19.9. The average Bonchev–Trinajstić information content (AvgIpc) is 3.02. The summed E-state index contributed by atoms with van der Waals surface area (Å²) >= 11 is 1.09. The largest absolute Gasteiger partial charge is 0.481 e. The first kappa shape index (κ1) is 20.5. The van der Waals surface area contributed by atoms with Gasteiger partial charge in [-0.2, -0.15) is 5.10 Å². The first-order valence-corrected chi connectivity index (χ1v) is 10.5. The highest BCUT2D eigenvalue weighted by Gasteiger charge is 2.32. The summed E-state index contributed by atoms with van der Waals surface area (Å²) in [5.74, 6) is -1.35. The van der Waals surface area contributed by atoms with Crippen molar-refractivity contribution in [3.05, 3.63) is 35.4 Å². The van der Waals surface area contributed by atoms with E-state index in [1.165, 1.54) is 37.7 Å². The van der Waals surface area contributed by atoms with E-state index in [4.69, 9.17) is 5.11 Å². The number of rotatable bonds is 7. The first-order chi connectivity index (χ1) is 13.5. The van der Waals surface area contributed by atoms with Crippen LogP contribution in [-0.4, -0.2) is 51.6 Å². The van der Waals surface area contributed by atoms with E-state index in [9.17, 15) is 9.59 Å². The number of nitrogens with one attached hydrogen (secondary N) is 1. The van der Waals surface area contributed by atoms with Crippen LogP contribution >= 0.6 is 11.8 Å². The number of benzene rings is 1. The molecule has 1 aromatic carbocycles. The van der Waals surface area contributed by atoms with Crippen LogP contribution in [0.15, 0.2) is 34.5 Å². The van der Waals surface area contributed by atoms with Crippen LogP contribution in [0.1, 0.15) is 49.7 Å². The summed E-state index contributed by atoms with van der Waals surface area (Å²) in [6, 6.07) is 8.89. The van der Waals surface area contributed by atoms with Gasteiger partial charge in [0.05, 0.1) is 12.6 Å². The van der Waals surface area contributed by atoms with E-state index in [-0.39, 0.29) is 12.3 Å². The van der Waals surface area contributed by atoms with Gasteiger partial charge in [0.2, 0.25) is 5.91 Å². The van der Waals surface area contributed by atoms with Crippen LogP contribution in [0.25, 0.3) is 0 Å². The molecule has 1 aliphatic heterocycles. The summed E-state index contributed by atoms with van der Waals surface area (Å²) in [6.45, 7) is 0.942. The molecular formula is C20H26N4O3S. The van der Waals surface area contributed by atoms with Gasteiger partial charge in [-0.25, -0.2) is 0 Å². The lowest BCUT2D eigenvalue weighted by atomic mass is 9.94. The monoisotopic (exact) mass is 402 g/mol. The third-order valence-electron chi connectivity index (χ3n) is 5.10. The number of carbonyl (C=O) groups excluding carboxylic acids is 1. The molecule has 0 bridgehead atoms. The highest BCUT2D eigenvalue weighted by atomic mass is 32.2. The van der Waals surface area contributed by atoms with Gasteiger partial charge in [0.15, 0.2) is 5.17 Å². The Labute approximate surface area is 169 Å². The molecule has 1 atom stereocenters. The normalized spacial score (nSPS) is 22.3. The van der Waals surface area contributed by atoms with Crippen LogP contribution in [0.3, 0.4) is 0 Å². The number of thioether (sulfide) groups is 1. The topological polar surface area (TPSA) is 94.4 Å². The van der Waals surface area contributed by atoms with Crippen LogP contribution in [-0.2, 0) is 16.1 Å². The van der Waals surface area contributed by atoms with Crippen molar-refractivity contribution >= 4 is 35.0 Å². The Hall–Kier alpha value is -2.19. The maximum absolute atomic E-state index is 11.7. The van der Waals surface area contributed by atoms with Gasteiger partial charge in [0.1, 0.15) is 5.25 Å². The second kappa shape index (κ2) is 9.84. The van der Waals surface area contributed by atoms with E-state index >= 15 is 0 Å². The van der Waals surface area contributed by atoms with E-state index in [0.717, 1.165) is 23.9 Å². The molecule has 0 aromatic heterocycles. The number of nitrogens with zero attached hydrogens (tertiary/aromatic N) is 3. The summed E-state index contributed by atoms with van der Waals surface area (Å²) < 4.78 is 0. The lowest BCUT2D eigenvalue weighted by Gasteiger charge is -2.31. The van der Waals surface area contributed by atoms with Gasteiger partial charge < -0.3 is 10.4 Å². The van der Waals surface area contributed by atoms with Gasteiger partial charge in [-0.3, -0.25) is 14.5 Å². The van der Waals surface area contributed by atoms with Crippen molar-refractivity contribution in [3.63, 3.8) is 0 Å². The molecular weight excluding hydrogens is 376 g/mol. The van der Waals surface area contributed by atoms with Crippen LogP contribution < -0.4 is 5.32 Å². The van der Waals surface area contributed by atoms with Crippen LogP contribution in [0.2, 0.25) is 0 Å². The SMILES string of the molecule is CN(Cc1ccc(C=NN=C2NC(=O)C(CC(=O)O)S2)cc1)C1CCCCC1. The second-order valence-corrected chi connectivity index (χ2v) is 8.48. The quantitative estimate of drug-likeness (QED) is 0.540. The molecule has 7 nitrogen and oxygen atoms in total. The molecule has 1 heterocycles. The van der Waals surface area contributed by atoms with Crippen molar-refractivity contribution in [2.24, 2.45) is 10.2 Å². The van der Waals surface area contributed by atoms with Gasteiger partial charge in [0.25, 0.3) is 0 Å². The Morgan fingerprint density at radius 3 is 2.68 bits per heavy atom. The molecule has 1 aromatic rings. The summed E-state index contributed by atoms with van der Waals surface area (Å²) in [6.07, 6.45) is 8.03. The van der Waals surface area contributed by atoms with E-state index in [2.05, 4.69) is 39.6 Å². The fourth-order valence-corrected chi connectivity index (χ4v) is 4.46. The molecule has 1 saturated carbocycles. The van der Waals surface area contributed by atoms with E-state index in [1.807, 2.05) is 12.1 Å². The Morgan fingerprint density at radius 1 is 1.29 bits per heavy atom. The summed E-state index contributed by atoms with van der Waals surface area (Å²) in [4.78, 5) is 24.8. The standard InChI is InChI=1S/C20H26N4O3S/c1-24(16-5-3-2-4-6-16)13-15-9-7-14(8-10-15)12-21-23-20-22-19(27)17(28-20)11-18(25)26/h7-10,12,16-17H,2-6,11,13H2,1H3,(H,25,26)(H,22,23,27). The molecule has 0 spiro atoms. The van der Waals surface area contributed by atoms with E-state index < -0.39 is 11.2 Å². The van der Waals surface area contributed by atoms with Crippen molar-refractivity contribution in [1.29, 1.82) is 0 Å². The van der Waals surface area contributed by atoms with E-state index in [0.29, 0.717) is 11.2 Å². The maximum atomic E-state index is 11.7. The minimum Gasteiger partial charge on any atom is -0.481 e. The van der Waals surface area contributed by atoms with Gasteiger partial charge in [-0.05, 0) is 31.0 Å². The molecule has 2 N–H and O–H groups in total. The molecule has 28 heavy (non-hydrogen) atoms. The fraction of sp³-hybridized carbons (Fsp3) is 0.500. The third-order valence-corrected chi connectivity index (χ3v) is 6.17. The van der Waals surface area contributed by atoms with Gasteiger partial charge in [-0.1, -0.05) is 55.3 Å². The highest BCUT2D eigenvalue weighted by Crippen LogP contribution is 2.23. The van der Waals surface area contributed by atoms with Crippen molar-refractivity contribution in [2.45, 2.75) is 56.4 Å². The lowest BCUT2D eigenvalue weighted by molar-refractivity contribution is -0.138. The number of carboxylic acids is 1. The Bertz CT molecular complexity index is 757. The van der Waals surface area contributed by atoms with Crippen LogP contribution in [0.4, 0.5) is 0 Å². The van der Waals surface area contributed by atoms with Gasteiger partial charge in [0, 0.05) is 12.6 Å². The molecule has 3 rings (SSSR count). The summed E-state index contributed by atoms with van der Waals surface area (Å²) in [5, 5.41) is 19.0. The van der Waals surface area contributed by atoms with Crippen LogP contribution in [0.5, 0.6) is 0 Å². The molecule has 1 amide bonds. The van der Waals surface area contributed by atoms with Gasteiger partial charge >= 0.3 is 5.97 Å². The molecule has 2 aliphatic rings. The molecule has 1 aliphatic carbocycles. The van der Waals surface area contributed by atoms with Crippen molar-refractivity contribution in [1.82, 2.24) is 10.2 Å². The smallest absolute Gasteiger partial charge is 0.305 e. The second-order valence-electron chi connectivity index (χ2n) is 7.29. The maximum Gasteiger partial charge on any atom is 0.305 e. The first-order valence-electron chi connectivity index (χ1n) is 9.61. The Balaban J connectivity index is 1.51. The predicted molar refractivity (Wildman–Crippen MR) is 112 cm³/mol. The number of hydrogen-bond acceptors (Lipinski definition) is 6. The number of hydrogen-bond donors (Lipinski definition) is 2. The zero-order valence-electron chi connectivity index (χ0n) is 16.0.